The molecule has 0 aromatic heterocycles. The molecule has 0 saturated carbocycles. The van der Waals surface area contributed by atoms with Crippen LogP contribution < -0.4 is 21.3 Å². The third kappa shape index (κ3) is 4.62. The van der Waals surface area contributed by atoms with Crippen molar-refractivity contribution in [3.63, 3.8) is 0 Å². The van der Waals surface area contributed by atoms with Crippen molar-refractivity contribution in [1.29, 1.82) is 0 Å². The van der Waals surface area contributed by atoms with Crippen LogP contribution in [0.25, 0.3) is 11.3 Å². The largest absolute Gasteiger partial charge is 0.354 e. The molecule has 0 fully saturated rings. The summed E-state index contributed by atoms with van der Waals surface area (Å²) >= 11 is 6.13. The Balaban J connectivity index is 1.79. The number of hydrogen-bond donors (Lipinski definition) is 3. The highest BCUT2D eigenvalue weighted by Gasteiger charge is 2.29. The van der Waals surface area contributed by atoms with E-state index in [4.69, 9.17) is 17.3 Å². The van der Waals surface area contributed by atoms with Crippen molar-refractivity contribution in [1.82, 2.24) is 0 Å². The molecule has 4 rings (SSSR count). The Labute approximate surface area is 198 Å². The zero-order valence-corrected chi connectivity index (χ0v) is 19.4. The van der Waals surface area contributed by atoms with Gasteiger partial charge in [0.15, 0.2) is 0 Å². The van der Waals surface area contributed by atoms with E-state index in [9.17, 15) is 9.59 Å². The number of carbonyl (C=O) groups is 2. The zero-order valence-electron chi connectivity index (χ0n) is 18.6. The number of hydrogen-bond acceptors (Lipinski definition) is 4. The van der Waals surface area contributed by atoms with E-state index in [0.29, 0.717) is 27.7 Å². The number of amides is 2. The Bertz CT molecular complexity index is 1260. The first kappa shape index (κ1) is 22.6. The normalized spacial score (nSPS) is 14.4. The number of carbonyl (C=O) groups excluding carboxylic acids is 2. The molecular weight excluding hydrogens is 436 g/mol. The van der Waals surface area contributed by atoms with Gasteiger partial charge in [-0.25, -0.2) is 0 Å². The summed E-state index contributed by atoms with van der Waals surface area (Å²) in [7, 11) is 1.69. The molecule has 3 aromatic carbocycles. The van der Waals surface area contributed by atoms with Crippen LogP contribution in [0.1, 0.15) is 25.0 Å². The van der Waals surface area contributed by atoms with E-state index in [1.165, 1.54) is 4.90 Å². The highest BCUT2D eigenvalue weighted by Crippen LogP contribution is 2.39. The SMILES string of the molecule is CN(C(=O)C(C)(C)N)c1cccc(N/C(=C2\C(=O)Nc3cc(Cl)ccc32)c2ccccc2)c1. The molecule has 6 nitrogen and oxygen atoms in total. The number of likely N-dealkylation sites (N-methyl/N-ethyl adjacent to an activating group) is 1. The lowest BCUT2D eigenvalue weighted by Gasteiger charge is -2.26. The zero-order chi connectivity index (χ0) is 23.8. The summed E-state index contributed by atoms with van der Waals surface area (Å²) < 4.78 is 0. The number of nitrogens with zero attached hydrogens (tertiary/aromatic N) is 1. The van der Waals surface area contributed by atoms with Crippen molar-refractivity contribution < 1.29 is 9.59 Å². The Morgan fingerprint density at radius 3 is 2.45 bits per heavy atom. The number of benzene rings is 3. The second-order valence-electron chi connectivity index (χ2n) is 8.52. The second kappa shape index (κ2) is 8.73. The molecule has 33 heavy (non-hydrogen) atoms. The standard InChI is InChI=1S/C26H25ClN4O2/c1-26(2,28)25(33)31(3)19-11-7-10-18(15-19)29-23(16-8-5-4-6-9-16)22-20-13-12-17(27)14-21(20)30-24(22)32/h4-15,29H,28H2,1-3H3,(H,30,32)/b23-22-. The second-order valence-corrected chi connectivity index (χ2v) is 8.96. The molecule has 0 atom stereocenters. The fourth-order valence-corrected chi connectivity index (χ4v) is 3.94. The minimum Gasteiger partial charge on any atom is -0.354 e. The Morgan fingerprint density at radius 2 is 1.76 bits per heavy atom. The van der Waals surface area contributed by atoms with Crippen molar-refractivity contribution in [3.8, 4) is 0 Å². The average molecular weight is 461 g/mol. The highest BCUT2D eigenvalue weighted by molar-refractivity contribution is 6.38. The highest BCUT2D eigenvalue weighted by atomic mass is 35.5. The molecule has 1 heterocycles. The molecule has 0 saturated heterocycles. The van der Waals surface area contributed by atoms with Gasteiger partial charge < -0.3 is 21.3 Å². The van der Waals surface area contributed by atoms with Gasteiger partial charge in [0.2, 0.25) is 5.91 Å². The molecule has 0 unspecified atom stereocenters. The van der Waals surface area contributed by atoms with Crippen molar-refractivity contribution >= 4 is 51.7 Å². The Kier molecular flexibility index (Phi) is 5.97. The van der Waals surface area contributed by atoms with Crippen LogP contribution in [0.3, 0.4) is 0 Å². The molecule has 1 aliphatic rings. The third-order valence-electron chi connectivity index (χ3n) is 5.40. The summed E-state index contributed by atoms with van der Waals surface area (Å²) in [5.74, 6) is -0.422. The quantitative estimate of drug-likeness (QED) is 0.469. The predicted octanol–water partition coefficient (Wildman–Crippen LogP) is 4.97. The predicted molar refractivity (Wildman–Crippen MR) is 135 cm³/mol. The van der Waals surface area contributed by atoms with Crippen molar-refractivity contribution in [2.45, 2.75) is 19.4 Å². The van der Waals surface area contributed by atoms with Crippen LogP contribution in [-0.2, 0) is 9.59 Å². The van der Waals surface area contributed by atoms with Gasteiger partial charge in [-0.1, -0.05) is 54.1 Å². The summed E-state index contributed by atoms with van der Waals surface area (Å²) in [5, 5.41) is 6.86. The molecule has 0 aliphatic carbocycles. The van der Waals surface area contributed by atoms with Crippen molar-refractivity contribution in [3.05, 3.63) is 88.9 Å². The van der Waals surface area contributed by atoms with Crippen LogP contribution >= 0.6 is 11.6 Å². The fourth-order valence-electron chi connectivity index (χ4n) is 3.76. The Morgan fingerprint density at radius 1 is 1.03 bits per heavy atom. The summed E-state index contributed by atoms with van der Waals surface area (Å²) in [6, 6.07) is 22.4. The summed E-state index contributed by atoms with van der Waals surface area (Å²) in [4.78, 5) is 27.2. The maximum Gasteiger partial charge on any atom is 0.258 e. The van der Waals surface area contributed by atoms with E-state index in [2.05, 4.69) is 10.6 Å². The fraction of sp³-hybridized carbons (Fsp3) is 0.154. The number of nitrogens with one attached hydrogen (secondary N) is 2. The molecule has 1 aliphatic heterocycles. The molecule has 4 N–H and O–H groups in total. The molecule has 168 valence electrons. The first-order valence-corrected chi connectivity index (χ1v) is 10.9. The van der Waals surface area contributed by atoms with Crippen LogP contribution in [0.4, 0.5) is 17.1 Å². The summed E-state index contributed by atoms with van der Waals surface area (Å²) in [6.45, 7) is 3.35. The minimum atomic E-state index is -0.998. The number of rotatable bonds is 5. The molecule has 7 heteroatoms. The van der Waals surface area contributed by atoms with E-state index >= 15 is 0 Å². The maximum atomic E-state index is 13.0. The molecule has 0 bridgehead atoms. The molecular formula is C26H25ClN4O2. The van der Waals surface area contributed by atoms with Crippen molar-refractivity contribution in [2.24, 2.45) is 5.73 Å². The Hall–Kier alpha value is -3.61. The van der Waals surface area contributed by atoms with Gasteiger partial charge in [0.25, 0.3) is 5.91 Å². The first-order chi connectivity index (χ1) is 15.6. The van der Waals surface area contributed by atoms with Gasteiger partial charge >= 0.3 is 0 Å². The van der Waals surface area contributed by atoms with E-state index in [1.807, 2.05) is 60.7 Å². The molecule has 3 aromatic rings. The van der Waals surface area contributed by atoms with Crippen LogP contribution in [0, 0.1) is 0 Å². The van der Waals surface area contributed by atoms with Gasteiger partial charge in [0.1, 0.15) is 0 Å². The van der Waals surface area contributed by atoms with Gasteiger partial charge in [-0.3, -0.25) is 9.59 Å². The lowest BCUT2D eigenvalue weighted by molar-refractivity contribution is -0.122. The average Bonchev–Trinajstić information content (AvgIpc) is 3.11. The number of fused-ring (bicyclic) bond motifs is 1. The van der Waals surface area contributed by atoms with Gasteiger partial charge in [0, 0.05) is 29.0 Å². The molecule has 0 spiro atoms. The van der Waals surface area contributed by atoms with Gasteiger partial charge in [0.05, 0.1) is 22.5 Å². The van der Waals surface area contributed by atoms with Crippen LogP contribution in [0.2, 0.25) is 5.02 Å². The summed E-state index contributed by atoms with van der Waals surface area (Å²) in [6.07, 6.45) is 0. The van der Waals surface area contributed by atoms with Crippen LogP contribution in [0.15, 0.2) is 72.8 Å². The molecule has 0 radical (unpaired) electrons. The lowest BCUT2D eigenvalue weighted by atomic mass is 10.00. The number of halogens is 1. The topological polar surface area (TPSA) is 87.5 Å². The van der Waals surface area contributed by atoms with Crippen LogP contribution in [-0.4, -0.2) is 24.4 Å². The minimum absolute atomic E-state index is 0.206. The molecule has 2 amide bonds. The first-order valence-electron chi connectivity index (χ1n) is 10.5. The van der Waals surface area contributed by atoms with E-state index in [0.717, 1.165) is 16.8 Å². The van der Waals surface area contributed by atoms with E-state index in [1.54, 1.807) is 33.0 Å². The van der Waals surface area contributed by atoms with Crippen LogP contribution in [0.5, 0.6) is 0 Å². The van der Waals surface area contributed by atoms with Gasteiger partial charge in [-0.15, -0.1) is 0 Å². The van der Waals surface area contributed by atoms with Gasteiger partial charge in [-0.05, 0) is 49.7 Å². The lowest BCUT2D eigenvalue weighted by Crippen LogP contribution is -2.49. The van der Waals surface area contributed by atoms with Gasteiger partial charge in [-0.2, -0.15) is 0 Å². The van der Waals surface area contributed by atoms with E-state index in [-0.39, 0.29) is 11.8 Å². The number of anilines is 3. The smallest absolute Gasteiger partial charge is 0.258 e. The summed E-state index contributed by atoms with van der Waals surface area (Å²) in [5.41, 5.74) is 9.87. The monoisotopic (exact) mass is 460 g/mol. The van der Waals surface area contributed by atoms with E-state index < -0.39 is 5.54 Å². The number of nitrogens with two attached hydrogens (primary N) is 1. The van der Waals surface area contributed by atoms with Crippen molar-refractivity contribution in [2.75, 3.05) is 22.6 Å². The maximum absolute atomic E-state index is 13.0. The third-order valence-corrected chi connectivity index (χ3v) is 5.63.